The fraction of sp³-hybridized carbons (Fsp3) is 0.0909. The van der Waals surface area contributed by atoms with E-state index in [0.717, 1.165) is 22.1 Å². The lowest BCUT2D eigenvalue weighted by atomic mass is 10.0. The Labute approximate surface area is 157 Å². The average Bonchev–Trinajstić information content (AvgIpc) is 2.71. The molecule has 134 valence electrons. The summed E-state index contributed by atoms with van der Waals surface area (Å²) >= 11 is 0. The molecule has 0 unspecified atom stereocenters. The third-order valence-electron chi connectivity index (χ3n) is 4.10. The number of benzene rings is 3. The molecule has 0 saturated carbocycles. The van der Waals surface area contributed by atoms with Gasteiger partial charge in [0.05, 0.1) is 14.2 Å². The molecule has 1 amide bonds. The second-order valence-electron chi connectivity index (χ2n) is 5.82. The molecule has 3 aromatic rings. The normalized spacial score (nSPS) is 10.9. The van der Waals surface area contributed by atoms with Crippen molar-refractivity contribution in [1.29, 1.82) is 5.26 Å². The van der Waals surface area contributed by atoms with Gasteiger partial charge in [-0.05, 0) is 64.9 Å². The van der Waals surface area contributed by atoms with Crippen molar-refractivity contribution in [3.8, 4) is 17.6 Å². The Kier molecular flexibility index (Phi) is 5.38. The number of hydrogen-bond acceptors (Lipinski definition) is 4. The van der Waals surface area contributed by atoms with E-state index in [-0.39, 0.29) is 5.57 Å². The molecule has 27 heavy (non-hydrogen) atoms. The highest BCUT2D eigenvalue weighted by Gasteiger charge is 2.10. The van der Waals surface area contributed by atoms with Crippen LogP contribution in [0.15, 0.2) is 66.2 Å². The van der Waals surface area contributed by atoms with E-state index in [1.165, 1.54) is 0 Å². The SMILES string of the molecule is COc1ccc(NC(=O)/C(C#N)=C/c2ccc3cc(OC)ccc3c2)cc1. The van der Waals surface area contributed by atoms with Crippen molar-refractivity contribution in [1.82, 2.24) is 0 Å². The number of rotatable bonds is 5. The molecule has 5 nitrogen and oxygen atoms in total. The Hall–Kier alpha value is -3.78. The Balaban J connectivity index is 1.83. The largest absolute Gasteiger partial charge is 0.497 e. The van der Waals surface area contributed by atoms with Gasteiger partial charge < -0.3 is 14.8 Å². The highest BCUT2D eigenvalue weighted by molar-refractivity contribution is 6.09. The second kappa shape index (κ2) is 8.07. The zero-order valence-corrected chi connectivity index (χ0v) is 15.0. The molecule has 5 heteroatoms. The molecule has 3 aromatic carbocycles. The summed E-state index contributed by atoms with van der Waals surface area (Å²) in [6.45, 7) is 0. The van der Waals surface area contributed by atoms with Gasteiger partial charge in [-0.1, -0.05) is 18.2 Å². The van der Waals surface area contributed by atoms with E-state index < -0.39 is 5.91 Å². The van der Waals surface area contributed by atoms with Crippen LogP contribution in [0.5, 0.6) is 11.5 Å². The van der Waals surface area contributed by atoms with E-state index >= 15 is 0 Å². The molecular formula is C22H18N2O3. The van der Waals surface area contributed by atoms with Crippen molar-refractivity contribution >= 4 is 28.4 Å². The molecule has 0 saturated heterocycles. The lowest BCUT2D eigenvalue weighted by molar-refractivity contribution is -0.112. The smallest absolute Gasteiger partial charge is 0.266 e. The highest BCUT2D eigenvalue weighted by Crippen LogP contribution is 2.23. The molecule has 3 rings (SSSR count). The summed E-state index contributed by atoms with van der Waals surface area (Å²) in [5.74, 6) is 1.01. The van der Waals surface area contributed by atoms with Crippen LogP contribution in [-0.4, -0.2) is 20.1 Å². The number of nitriles is 1. The van der Waals surface area contributed by atoms with Gasteiger partial charge in [-0.15, -0.1) is 0 Å². The minimum Gasteiger partial charge on any atom is -0.497 e. The number of ether oxygens (including phenoxy) is 2. The minimum absolute atomic E-state index is 0.0266. The summed E-state index contributed by atoms with van der Waals surface area (Å²) in [6, 6.07) is 20.3. The third kappa shape index (κ3) is 4.25. The van der Waals surface area contributed by atoms with Gasteiger partial charge in [0.1, 0.15) is 23.1 Å². The molecule has 0 fully saturated rings. The predicted molar refractivity (Wildman–Crippen MR) is 106 cm³/mol. The van der Waals surface area contributed by atoms with Crippen LogP contribution >= 0.6 is 0 Å². The molecule has 0 heterocycles. The first-order valence-corrected chi connectivity index (χ1v) is 8.28. The number of amides is 1. The predicted octanol–water partition coefficient (Wildman–Crippen LogP) is 4.40. The van der Waals surface area contributed by atoms with E-state index in [1.807, 2.05) is 42.5 Å². The zero-order valence-electron chi connectivity index (χ0n) is 15.0. The number of anilines is 1. The first-order chi connectivity index (χ1) is 13.1. The number of fused-ring (bicyclic) bond motifs is 1. The standard InChI is InChI=1S/C22H18N2O3/c1-26-20-9-6-19(7-10-20)24-22(25)18(14-23)12-15-3-4-17-13-21(27-2)8-5-16(17)11-15/h3-13H,1-2H3,(H,24,25)/b18-12+. The maximum Gasteiger partial charge on any atom is 0.266 e. The second-order valence-corrected chi connectivity index (χ2v) is 5.82. The molecule has 1 N–H and O–H groups in total. The van der Waals surface area contributed by atoms with Gasteiger partial charge in [0, 0.05) is 5.69 Å². The van der Waals surface area contributed by atoms with Crippen LogP contribution in [0, 0.1) is 11.3 Å². The molecule has 0 aliphatic carbocycles. The van der Waals surface area contributed by atoms with E-state index in [9.17, 15) is 10.1 Å². The maximum atomic E-state index is 12.4. The van der Waals surface area contributed by atoms with E-state index in [4.69, 9.17) is 9.47 Å². The fourth-order valence-electron chi connectivity index (χ4n) is 2.65. The monoisotopic (exact) mass is 358 g/mol. The molecular weight excluding hydrogens is 340 g/mol. The van der Waals surface area contributed by atoms with Gasteiger partial charge in [0.25, 0.3) is 5.91 Å². The first-order valence-electron chi connectivity index (χ1n) is 8.28. The van der Waals surface area contributed by atoms with Gasteiger partial charge in [-0.3, -0.25) is 4.79 Å². The van der Waals surface area contributed by atoms with Gasteiger partial charge in [-0.25, -0.2) is 0 Å². The molecule has 0 spiro atoms. The summed E-state index contributed by atoms with van der Waals surface area (Å²) < 4.78 is 10.3. The molecule has 0 bridgehead atoms. The maximum absolute atomic E-state index is 12.4. The lowest BCUT2D eigenvalue weighted by Gasteiger charge is -2.06. The van der Waals surface area contributed by atoms with Crippen LogP contribution in [0.25, 0.3) is 16.8 Å². The van der Waals surface area contributed by atoms with Crippen LogP contribution in [-0.2, 0) is 4.79 Å². The van der Waals surface area contributed by atoms with Crippen LogP contribution in [0.4, 0.5) is 5.69 Å². The van der Waals surface area contributed by atoms with Crippen molar-refractivity contribution in [3.05, 3.63) is 71.8 Å². The summed E-state index contributed by atoms with van der Waals surface area (Å²) in [5, 5.41) is 14.1. The molecule has 0 atom stereocenters. The van der Waals surface area contributed by atoms with Gasteiger partial charge in [0.15, 0.2) is 0 Å². The topological polar surface area (TPSA) is 71.3 Å². The zero-order chi connectivity index (χ0) is 19.2. The first kappa shape index (κ1) is 18.0. The Morgan fingerprint density at radius 2 is 1.56 bits per heavy atom. The number of methoxy groups -OCH3 is 2. The molecule has 0 aliphatic rings. The van der Waals surface area contributed by atoms with Crippen LogP contribution in [0.2, 0.25) is 0 Å². The summed E-state index contributed by atoms with van der Waals surface area (Å²) in [4.78, 5) is 12.4. The molecule has 0 aromatic heterocycles. The van der Waals surface area contributed by atoms with E-state index in [2.05, 4.69) is 5.32 Å². The lowest BCUT2D eigenvalue weighted by Crippen LogP contribution is -2.13. The van der Waals surface area contributed by atoms with E-state index in [0.29, 0.717) is 11.4 Å². The molecule has 0 radical (unpaired) electrons. The average molecular weight is 358 g/mol. The van der Waals surface area contributed by atoms with Gasteiger partial charge in [0.2, 0.25) is 0 Å². The highest BCUT2D eigenvalue weighted by atomic mass is 16.5. The summed E-state index contributed by atoms with van der Waals surface area (Å²) in [6.07, 6.45) is 1.57. The Morgan fingerprint density at radius 1 is 0.926 bits per heavy atom. The Bertz CT molecular complexity index is 1050. The van der Waals surface area contributed by atoms with E-state index in [1.54, 1.807) is 44.6 Å². The number of carbonyl (C=O) groups is 1. The van der Waals surface area contributed by atoms with Crippen molar-refractivity contribution < 1.29 is 14.3 Å². The van der Waals surface area contributed by atoms with Crippen molar-refractivity contribution in [2.45, 2.75) is 0 Å². The van der Waals surface area contributed by atoms with Crippen molar-refractivity contribution in [2.75, 3.05) is 19.5 Å². The number of hydrogen-bond donors (Lipinski definition) is 1. The minimum atomic E-state index is -0.461. The van der Waals surface area contributed by atoms with Crippen molar-refractivity contribution in [2.24, 2.45) is 0 Å². The third-order valence-corrected chi connectivity index (χ3v) is 4.10. The summed E-state index contributed by atoms with van der Waals surface area (Å²) in [7, 11) is 3.20. The summed E-state index contributed by atoms with van der Waals surface area (Å²) in [5.41, 5.74) is 1.39. The van der Waals surface area contributed by atoms with Crippen LogP contribution in [0.3, 0.4) is 0 Å². The van der Waals surface area contributed by atoms with Crippen LogP contribution in [0.1, 0.15) is 5.56 Å². The van der Waals surface area contributed by atoms with Crippen LogP contribution < -0.4 is 14.8 Å². The number of nitrogens with one attached hydrogen (secondary N) is 1. The Morgan fingerprint density at radius 3 is 2.22 bits per heavy atom. The van der Waals surface area contributed by atoms with Crippen molar-refractivity contribution in [3.63, 3.8) is 0 Å². The fourth-order valence-corrected chi connectivity index (χ4v) is 2.65. The number of carbonyl (C=O) groups excluding carboxylic acids is 1. The van der Waals surface area contributed by atoms with Gasteiger partial charge >= 0.3 is 0 Å². The molecule has 0 aliphatic heterocycles. The quantitative estimate of drug-likeness (QED) is 0.542. The van der Waals surface area contributed by atoms with Gasteiger partial charge in [-0.2, -0.15) is 5.26 Å². The number of nitrogens with zero attached hydrogens (tertiary/aromatic N) is 1.